The van der Waals surface area contributed by atoms with Crippen LogP contribution < -0.4 is 15.4 Å². The molecule has 0 bridgehead atoms. The number of hydrogen-bond donors (Lipinski definition) is 2. The van der Waals surface area contributed by atoms with Gasteiger partial charge in [-0.1, -0.05) is 37.8 Å². The van der Waals surface area contributed by atoms with Gasteiger partial charge in [0, 0.05) is 6.54 Å². The van der Waals surface area contributed by atoms with Gasteiger partial charge in [0.1, 0.15) is 5.75 Å². The monoisotopic (exact) mass is 304 g/mol. The van der Waals surface area contributed by atoms with Crippen LogP contribution in [-0.2, 0) is 0 Å². The summed E-state index contributed by atoms with van der Waals surface area (Å²) in [6, 6.07) is 7.77. The predicted octanol–water partition coefficient (Wildman–Crippen LogP) is 4.03. The normalized spacial score (nSPS) is 16.3. The lowest BCUT2D eigenvalue weighted by Crippen LogP contribution is -2.37. The first-order chi connectivity index (χ1) is 10.7. The zero-order valence-corrected chi connectivity index (χ0v) is 13.7. The number of amides is 2. The Bertz CT molecular complexity index is 453. The largest absolute Gasteiger partial charge is 0.494 e. The molecule has 4 nitrogen and oxygen atoms in total. The van der Waals surface area contributed by atoms with Crippen LogP contribution in [-0.4, -0.2) is 19.2 Å². The Hall–Kier alpha value is -1.71. The average Bonchev–Trinajstić information content (AvgIpc) is 3.01. The van der Waals surface area contributed by atoms with Crippen molar-refractivity contribution in [3.8, 4) is 5.75 Å². The number of rotatable bonds is 7. The molecule has 0 unspecified atom stereocenters. The molecule has 1 fully saturated rings. The van der Waals surface area contributed by atoms with Crippen LogP contribution in [0.25, 0.3) is 0 Å². The quantitative estimate of drug-likeness (QED) is 0.799. The van der Waals surface area contributed by atoms with E-state index in [-0.39, 0.29) is 12.1 Å². The Balaban J connectivity index is 1.70. The summed E-state index contributed by atoms with van der Waals surface area (Å²) in [6.07, 6.45) is 6.46. The maximum Gasteiger partial charge on any atom is 0.315 e. The summed E-state index contributed by atoms with van der Waals surface area (Å²) in [5, 5.41) is 5.95. The van der Waals surface area contributed by atoms with Crippen molar-refractivity contribution >= 4 is 6.03 Å². The van der Waals surface area contributed by atoms with Gasteiger partial charge < -0.3 is 15.4 Å². The van der Waals surface area contributed by atoms with Gasteiger partial charge in [-0.15, -0.1) is 0 Å². The average molecular weight is 304 g/mol. The lowest BCUT2D eigenvalue weighted by Gasteiger charge is -2.16. The molecule has 0 radical (unpaired) electrons. The van der Waals surface area contributed by atoms with E-state index in [4.69, 9.17) is 4.74 Å². The van der Waals surface area contributed by atoms with E-state index in [1.54, 1.807) is 0 Å². The maximum atomic E-state index is 11.9. The molecule has 0 aromatic heterocycles. The van der Waals surface area contributed by atoms with Crippen molar-refractivity contribution in [1.29, 1.82) is 0 Å². The SMILES string of the molecule is CCOc1ccc([C@@H](C)NC(=O)NCCC2CCCC2)cc1. The summed E-state index contributed by atoms with van der Waals surface area (Å²) in [4.78, 5) is 11.9. The molecule has 2 rings (SSSR count). The van der Waals surface area contributed by atoms with Crippen LogP contribution in [0.1, 0.15) is 57.6 Å². The highest BCUT2D eigenvalue weighted by molar-refractivity contribution is 5.74. The number of benzene rings is 1. The number of carbonyl (C=O) groups excluding carboxylic acids is 1. The molecule has 0 saturated heterocycles. The molecule has 1 saturated carbocycles. The number of ether oxygens (including phenoxy) is 1. The van der Waals surface area contributed by atoms with Gasteiger partial charge in [-0.2, -0.15) is 0 Å². The Labute approximate surface area is 133 Å². The van der Waals surface area contributed by atoms with E-state index in [2.05, 4.69) is 10.6 Å². The molecule has 0 aliphatic heterocycles. The molecule has 1 aliphatic carbocycles. The third-order valence-corrected chi connectivity index (χ3v) is 4.35. The number of carbonyl (C=O) groups is 1. The first kappa shape index (κ1) is 16.7. The molecule has 2 N–H and O–H groups in total. The number of nitrogens with one attached hydrogen (secondary N) is 2. The Morgan fingerprint density at radius 1 is 1.27 bits per heavy atom. The van der Waals surface area contributed by atoms with Crippen molar-refractivity contribution in [2.24, 2.45) is 5.92 Å². The molecule has 1 aromatic carbocycles. The fraction of sp³-hybridized carbons (Fsp3) is 0.611. The van der Waals surface area contributed by atoms with Crippen molar-refractivity contribution in [1.82, 2.24) is 10.6 Å². The molecule has 122 valence electrons. The fourth-order valence-electron chi connectivity index (χ4n) is 3.04. The molecule has 1 atom stereocenters. The van der Waals surface area contributed by atoms with Gasteiger partial charge in [0.15, 0.2) is 0 Å². The van der Waals surface area contributed by atoms with Gasteiger partial charge in [-0.25, -0.2) is 4.79 Å². The van der Waals surface area contributed by atoms with Crippen LogP contribution in [0.4, 0.5) is 4.79 Å². The molecule has 22 heavy (non-hydrogen) atoms. The smallest absolute Gasteiger partial charge is 0.315 e. The molecule has 4 heteroatoms. The molecule has 2 amide bonds. The minimum absolute atomic E-state index is 0.0119. The topological polar surface area (TPSA) is 50.4 Å². The van der Waals surface area contributed by atoms with Gasteiger partial charge >= 0.3 is 6.03 Å². The highest BCUT2D eigenvalue weighted by Gasteiger charge is 2.15. The molecule has 1 aromatic rings. The molecule has 1 aliphatic rings. The maximum absolute atomic E-state index is 11.9. The van der Waals surface area contributed by atoms with Crippen molar-refractivity contribution in [2.45, 2.75) is 52.0 Å². The third-order valence-electron chi connectivity index (χ3n) is 4.35. The van der Waals surface area contributed by atoms with E-state index in [0.29, 0.717) is 6.61 Å². The third kappa shape index (κ3) is 5.24. The van der Waals surface area contributed by atoms with Crippen LogP contribution in [0, 0.1) is 5.92 Å². The molecular weight excluding hydrogens is 276 g/mol. The molecular formula is C18H28N2O2. The Morgan fingerprint density at radius 3 is 2.59 bits per heavy atom. The second kappa shape index (κ2) is 8.66. The van der Waals surface area contributed by atoms with Gasteiger partial charge in [0.2, 0.25) is 0 Å². The molecule has 0 spiro atoms. The Morgan fingerprint density at radius 2 is 1.95 bits per heavy atom. The van der Waals surface area contributed by atoms with Crippen molar-refractivity contribution in [3.05, 3.63) is 29.8 Å². The van der Waals surface area contributed by atoms with Crippen molar-refractivity contribution < 1.29 is 9.53 Å². The minimum atomic E-state index is -0.0839. The predicted molar refractivity (Wildman–Crippen MR) is 89.1 cm³/mol. The highest BCUT2D eigenvalue weighted by Crippen LogP contribution is 2.26. The van der Waals surface area contributed by atoms with E-state index in [0.717, 1.165) is 30.2 Å². The van der Waals surface area contributed by atoms with Crippen LogP contribution >= 0.6 is 0 Å². The second-order valence-corrected chi connectivity index (χ2v) is 6.06. The second-order valence-electron chi connectivity index (χ2n) is 6.06. The van der Waals surface area contributed by atoms with Gasteiger partial charge in [0.25, 0.3) is 0 Å². The van der Waals surface area contributed by atoms with Crippen molar-refractivity contribution in [2.75, 3.05) is 13.2 Å². The van der Waals surface area contributed by atoms with Crippen LogP contribution in [0.5, 0.6) is 5.75 Å². The lowest BCUT2D eigenvalue weighted by atomic mass is 10.0. The lowest BCUT2D eigenvalue weighted by molar-refractivity contribution is 0.237. The summed E-state index contributed by atoms with van der Waals surface area (Å²) >= 11 is 0. The van der Waals surface area contributed by atoms with E-state index in [1.165, 1.54) is 25.7 Å². The zero-order chi connectivity index (χ0) is 15.8. The number of urea groups is 1. The standard InChI is InChI=1S/C18H28N2O2/c1-3-22-17-10-8-16(9-11-17)14(2)20-18(21)19-13-12-15-6-4-5-7-15/h8-11,14-15H,3-7,12-13H2,1-2H3,(H2,19,20,21)/t14-/m1/s1. The summed E-state index contributed by atoms with van der Waals surface area (Å²) in [6.45, 7) is 5.39. The van der Waals surface area contributed by atoms with Crippen LogP contribution in [0.3, 0.4) is 0 Å². The van der Waals surface area contributed by atoms with Gasteiger partial charge in [-0.3, -0.25) is 0 Å². The van der Waals surface area contributed by atoms with Crippen LogP contribution in [0.15, 0.2) is 24.3 Å². The van der Waals surface area contributed by atoms with Gasteiger partial charge in [-0.05, 0) is 43.9 Å². The summed E-state index contributed by atoms with van der Waals surface area (Å²) in [5.41, 5.74) is 1.08. The fourth-order valence-corrected chi connectivity index (χ4v) is 3.04. The van der Waals surface area contributed by atoms with E-state index < -0.39 is 0 Å². The zero-order valence-electron chi connectivity index (χ0n) is 13.7. The first-order valence-corrected chi connectivity index (χ1v) is 8.46. The summed E-state index contributed by atoms with van der Waals surface area (Å²) in [7, 11) is 0. The summed E-state index contributed by atoms with van der Waals surface area (Å²) < 4.78 is 5.42. The Kier molecular flexibility index (Phi) is 6.56. The summed E-state index contributed by atoms with van der Waals surface area (Å²) in [5.74, 6) is 1.67. The molecule has 0 heterocycles. The van der Waals surface area contributed by atoms with E-state index in [9.17, 15) is 4.79 Å². The van der Waals surface area contributed by atoms with Gasteiger partial charge in [0.05, 0.1) is 12.6 Å². The van der Waals surface area contributed by atoms with Crippen molar-refractivity contribution in [3.63, 3.8) is 0 Å². The van der Waals surface area contributed by atoms with Crippen LogP contribution in [0.2, 0.25) is 0 Å². The minimum Gasteiger partial charge on any atom is -0.494 e. The number of hydrogen-bond acceptors (Lipinski definition) is 2. The highest BCUT2D eigenvalue weighted by atomic mass is 16.5. The van der Waals surface area contributed by atoms with E-state index >= 15 is 0 Å². The first-order valence-electron chi connectivity index (χ1n) is 8.46. The van der Waals surface area contributed by atoms with E-state index in [1.807, 2.05) is 38.1 Å².